The Hall–Kier alpha value is -1.17. The van der Waals surface area contributed by atoms with Gasteiger partial charge in [-0.05, 0) is 71.5 Å². The maximum atomic E-state index is 13.4. The number of anilines is 1. The highest BCUT2D eigenvalue weighted by Crippen LogP contribution is 2.19. The third kappa shape index (κ3) is 3.19. The van der Waals surface area contributed by atoms with Crippen LogP contribution in [-0.2, 0) is 6.54 Å². The van der Waals surface area contributed by atoms with E-state index in [-0.39, 0.29) is 6.54 Å². The first kappa shape index (κ1) is 13.3. The van der Waals surface area contributed by atoms with Crippen LogP contribution >= 0.6 is 22.6 Å². The van der Waals surface area contributed by atoms with Gasteiger partial charge in [-0.2, -0.15) is 0 Å². The Morgan fingerprint density at radius 2 is 1.89 bits per heavy atom. The number of aryl methyl sites for hydroxylation is 1. The highest BCUT2D eigenvalue weighted by molar-refractivity contribution is 14.1. The van der Waals surface area contributed by atoms with Crippen LogP contribution in [0.15, 0.2) is 36.4 Å². The summed E-state index contributed by atoms with van der Waals surface area (Å²) >= 11 is 2.23. The van der Waals surface area contributed by atoms with Crippen molar-refractivity contribution < 1.29 is 8.78 Å². The highest BCUT2D eigenvalue weighted by atomic mass is 127. The van der Waals surface area contributed by atoms with Gasteiger partial charge in [0.25, 0.3) is 0 Å². The summed E-state index contributed by atoms with van der Waals surface area (Å²) in [4.78, 5) is 0. The Morgan fingerprint density at radius 3 is 2.61 bits per heavy atom. The molecule has 0 atom stereocenters. The maximum Gasteiger partial charge on any atom is 0.128 e. The minimum atomic E-state index is -0.424. The Balaban J connectivity index is 2.13. The van der Waals surface area contributed by atoms with Gasteiger partial charge in [-0.1, -0.05) is 0 Å². The molecule has 94 valence electrons. The first-order chi connectivity index (χ1) is 8.56. The number of nitrogens with one attached hydrogen (secondary N) is 1. The SMILES string of the molecule is Cc1cc(I)ccc1NCc1cc(F)ccc1F. The van der Waals surface area contributed by atoms with E-state index in [2.05, 4.69) is 27.9 Å². The summed E-state index contributed by atoms with van der Waals surface area (Å²) in [6, 6.07) is 9.42. The average molecular weight is 359 g/mol. The second-order valence-corrected chi connectivity index (χ2v) is 5.29. The summed E-state index contributed by atoms with van der Waals surface area (Å²) in [6.07, 6.45) is 0. The standard InChI is InChI=1S/C14H12F2IN/c1-9-6-12(17)3-5-14(9)18-8-10-7-11(15)2-4-13(10)16/h2-7,18H,8H2,1H3. The molecule has 0 fully saturated rings. The van der Waals surface area contributed by atoms with E-state index in [0.717, 1.165) is 27.0 Å². The molecule has 0 unspecified atom stereocenters. The molecule has 4 heteroatoms. The number of benzene rings is 2. The molecule has 2 aromatic rings. The number of rotatable bonds is 3. The molecule has 2 aromatic carbocycles. The van der Waals surface area contributed by atoms with Crippen molar-refractivity contribution in [3.63, 3.8) is 0 Å². The Kier molecular flexibility index (Phi) is 4.16. The van der Waals surface area contributed by atoms with Gasteiger partial charge < -0.3 is 5.32 Å². The third-order valence-electron chi connectivity index (χ3n) is 2.67. The quantitative estimate of drug-likeness (QED) is 0.797. The molecule has 0 saturated carbocycles. The van der Waals surface area contributed by atoms with Crippen LogP contribution in [0.2, 0.25) is 0 Å². The van der Waals surface area contributed by atoms with Gasteiger partial charge in [0, 0.05) is 21.4 Å². The molecule has 0 aromatic heterocycles. The molecule has 0 heterocycles. The van der Waals surface area contributed by atoms with Crippen molar-refractivity contribution in [1.82, 2.24) is 0 Å². The second kappa shape index (κ2) is 5.65. The molecular formula is C14H12F2IN. The minimum Gasteiger partial charge on any atom is -0.381 e. The minimum absolute atomic E-state index is 0.269. The van der Waals surface area contributed by atoms with E-state index in [1.54, 1.807) is 0 Å². The molecule has 0 aliphatic rings. The Labute approximate surface area is 118 Å². The summed E-state index contributed by atoms with van der Waals surface area (Å²) < 4.78 is 27.6. The molecule has 18 heavy (non-hydrogen) atoms. The molecule has 0 spiro atoms. The lowest BCUT2D eigenvalue weighted by atomic mass is 10.1. The smallest absolute Gasteiger partial charge is 0.128 e. The van der Waals surface area contributed by atoms with Crippen LogP contribution in [-0.4, -0.2) is 0 Å². The van der Waals surface area contributed by atoms with Gasteiger partial charge in [0.1, 0.15) is 11.6 Å². The summed E-state index contributed by atoms with van der Waals surface area (Å²) in [6.45, 7) is 2.25. The average Bonchev–Trinajstić information content (AvgIpc) is 2.32. The third-order valence-corrected chi connectivity index (χ3v) is 3.34. The first-order valence-corrected chi connectivity index (χ1v) is 6.58. The van der Waals surface area contributed by atoms with Gasteiger partial charge in [0.15, 0.2) is 0 Å². The van der Waals surface area contributed by atoms with Crippen molar-refractivity contribution in [2.45, 2.75) is 13.5 Å². The van der Waals surface area contributed by atoms with Gasteiger partial charge >= 0.3 is 0 Å². The van der Waals surface area contributed by atoms with Crippen LogP contribution in [0, 0.1) is 22.1 Å². The van der Waals surface area contributed by atoms with E-state index in [1.165, 1.54) is 6.07 Å². The lowest BCUT2D eigenvalue weighted by Crippen LogP contribution is -2.03. The van der Waals surface area contributed by atoms with Gasteiger partial charge in [-0.25, -0.2) is 8.78 Å². The molecular weight excluding hydrogens is 347 g/mol. The highest BCUT2D eigenvalue weighted by Gasteiger charge is 2.04. The van der Waals surface area contributed by atoms with Gasteiger partial charge in [-0.15, -0.1) is 0 Å². The molecule has 0 radical (unpaired) electrons. The van der Waals surface area contributed by atoms with Crippen molar-refractivity contribution in [3.05, 3.63) is 62.7 Å². The Bertz CT molecular complexity index is 570. The lowest BCUT2D eigenvalue weighted by molar-refractivity contribution is 0.587. The van der Waals surface area contributed by atoms with Crippen LogP contribution in [0.3, 0.4) is 0 Å². The summed E-state index contributed by atoms with van der Waals surface area (Å²) in [5.74, 6) is -0.820. The van der Waals surface area contributed by atoms with E-state index >= 15 is 0 Å². The van der Waals surface area contributed by atoms with Crippen molar-refractivity contribution in [1.29, 1.82) is 0 Å². The normalized spacial score (nSPS) is 10.4. The molecule has 0 amide bonds. The number of hydrogen-bond acceptors (Lipinski definition) is 1. The summed E-state index contributed by atoms with van der Waals surface area (Å²) in [5.41, 5.74) is 2.34. The van der Waals surface area contributed by atoms with Crippen LogP contribution < -0.4 is 5.32 Å². The molecule has 0 saturated heterocycles. The fourth-order valence-electron chi connectivity index (χ4n) is 1.69. The summed E-state index contributed by atoms with van der Waals surface area (Å²) in [7, 11) is 0. The number of halogens is 3. The number of hydrogen-bond donors (Lipinski definition) is 1. The zero-order chi connectivity index (χ0) is 13.1. The van der Waals surface area contributed by atoms with Gasteiger partial charge in [0.2, 0.25) is 0 Å². The van der Waals surface area contributed by atoms with Gasteiger partial charge in [-0.3, -0.25) is 0 Å². The topological polar surface area (TPSA) is 12.0 Å². The molecule has 1 nitrogen and oxygen atoms in total. The van der Waals surface area contributed by atoms with Crippen molar-refractivity contribution in [2.24, 2.45) is 0 Å². The predicted molar refractivity (Wildman–Crippen MR) is 77.6 cm³/mol. The zero-order valence-electron chi connectivity index (χ0n) is 9.81. The molecule has 0 aliphatic heterocycles. The van der Waals surface area contributed by atoms with Crippen LogP contribution in [0.25, 0.3) is 0 Å². The Morgan fingerprint density at radius 1 is 1.11 bits per heavy atom. The van der Waals surface area contributed by atoms with E-state index in [0.29, 0.717) is 5.56 Å². The predicted octanol–water partition coefficient (Wildman–Crippen LogP) is 4.49. The largest absolute Gasteiger partial charge is 0.381 e. The fraction of sp³-hybridized carbons (Fsp3) is 0.143. The lowest BCUT2D eigenvalue weighted by Gasteiger charge is -2.10. The van der Waals surface area contributed by atoms with E-state index in [4.69, 9.17) is 0 Å². The van der Waals surface area contributed by atoms with Crippen molar-refractivity contribution >= 4 is 28.3 Å². The zero-order valence-corrected chi connectivity index (χ0v) is 12.0. The van der Waals surface area contributed by atoms with Crippen molar-refractivity contribution in [3.8, 4) is 0 Å². The van der Waals surface area contributed by atoms with Crippen LogP contribution in [0.4, 0.5) is 14.5 Å². The van der Waals surface area contributed by atoms with E-state index in [9.17, 15) is 8.78 Å². The molecule has 0 aliphatic carbocycles. The molecule has 2 rings (SSSR count). The van der Waals surface area contributed by atoms with E-state index < -0.39 is 11.6 Å². The molecule has 0 bridgehead atoms. The maximum absolute atomic E-state index is 13.4. The van der Waals surface area contributed by atoms with E-state index in [1.807, 2.05) is 25.1 Å². The van der Waals surface area contributed by atoms with Crippen LogP contribution in [0.5, 0.6) is 0 Å². The monoisotopic (exact) mass is 359 g/mol. The fourth-order valence-corrected chi connectivity index (χ4v) is 2.34. The van der Waals surface area contributed by atoms with Crippen LogP contribution in [0.1, 0.15) is 11.1 Å². The van der Waals surface area contributed by atoms with Gasteiger partial charge in [0.05, 0.1) is 0 Å². The van der Waals surface area contributed by atoms with Crippen molar-refractivity contribution in [2.75, 3.05) is 5.32 Å². The first-order valence-electron chi connectivity index (χ1n) is 5.50. The summed E-state index contributed by atoms with van der Waals surface area (Å²) in [5, 5.41) is 3.11. The second-order valence-electron chi connectivity index (χ2n) is 4.05. The molecule has 1 N–H and O–H groups in total.